The molecule has 0 saturated heterocycles. The van der Waals surface area contributed by atoms with Gasteiger partial charge < -0.3 is 5.73 Å². The van der Waals surface area contributed by atoms with E-state index in [-0.39, 0.29) is 5.78 Å². The normalized spacial score (nSPS) is 10.8. The van der Waals surface area contributed by atoms with Gasteiger partial charge in [0.15, 0.2) is 12.1 Å². The standard InChI is InChI=1S/C9H5ClOS.C5H9NO/c10-7-1-2-9-8(3-7)6(4-11)5-12-9;1-4(6)3-5(2)7/h1-5H;3H,6H2,1-2H3/b;4-3+. The third kappa shape index (κ3) is 4.85. The van der Waals surface area contributed by atoms with Gasteiger partial charge in [-0.1, -0.05) is 11.6 Å². The fraction of sp³-hybridized carbons (Fsp3) is 0.143. The van der Waals surface area contributed by atoms with Crippen LogP contribution in [0.3, 0.4) is 0 Å². The van der Waals surface area contributed by atoms with Crippen LogP contribution in [-0.4, -0.2) is 12.1 Å². The second-order valence-corrected chi connectivity index (χ2v) is 5.30. The molecule has 100 valence electrons. The van der Waals surface area contributed by atoms with Gasteiger partial charge in [-0.25, -0.2) is 0 Å². The van der Waals surface area contributed by atoms with Crippen molar-refractivity contribution in [2.75, 3.05) is 0 Å². The number of halogens is 1. The van der Waals surface area contributed by atoms with Crippen molar-refractivity contribution in [2.45, 2.75) is 13.8 Å². The minimum Gasteiger partial charge on any atom is -0.402 e. The molecule has 2 aromatic rings. The first-order valence-electron chi connectivity index (χ1n) is 5.50. The molecule has 0 radical (unpaired) electrons. The zero-order valence-corrected chi connectivity index (χ0v) is 12.2. The molecule has 0 atom stereocenters. The molecule has 0 aliphatic rings. The Balaban J connectivity index is 0.000000224. The van der Waals surface area contributed by atoms with Gasteiger partial charge in [0.25, 0.3) is 0 Å². The SMILES string of the molecule is CC(=O)/C=C(\C)N.O=Cc1csc2ccc(Cl)cc12. The van der Waals surface area contributed by atoms with Crippen LogP contribution in [0.4, 0.5) is 0 Å². The molecule has 19 heavy (non-hydrogen) atoms. The van der Waals surface area contributed by atoms with Crippen LogP contribution < -0.4 is 5.73 Å². The molecule has 0 aliphatic heterocycles. The topological polar surface area (TPSA) is 60.2 Å². The molecular formula is C14H14ClNO2S. The zero-order valence-electron chi connectivity index (χ0n) is 10.6. The minimum atomic E-state index is 0.000000000000000444. The fourth-order valence-electron chi connectivity index (χ4n) is 1.43. The summed E-state index contributed by atoms with van der Waals surface area (Å²) in [5.74, 6) is 0.000000000000000444. The summed E-state index contributed by atoms with van der Waals surface area (Å²) in [4.78, 5) is 20.7. The Bertz CT molecular complexity index is 627. The second-order valence-electron chi connectivity index (χ2n) is 3.95. The molecule has 2 N–H and O–H groups in total. The van der Waals surface area contributed by atoms with Crippen molar-refractivity contribution >= 4 is 45.1 Å². The first-order valence-corrected chi connectivity index (χ1v) is 6.76. The first-order chi connectivity index (χ1) is 8.93. The Hall–Kier alpha value is -1.65. The van der Waals surface area contributed by atoms with E-state index in [0.29, 0.717) is 10.7 Å². The molecule has 0 fully saturated rings. The molecule has 3 nitrogen and oxygen atoms in total. The van der Waals surface area contributed by atoms with Crippen molar-refractivity contribution in [3.63, 3.8) is 0 Å². The summed E-state index contributed by atoms with van der Waals surface area (Å²) in [5, 5.41) is 3.46. The van der Waals surface area contributed by atoms with Crippen molar-refractivity contribution in [3.05, 3.63) is 45.9 Å². The molecule has 1 heterocycles. The number of hydrogen-bond donors (Lipinski definition) is 1. The van der Waals surface area contributed by atoms with Gasteiger partial charge in [0, 0.05) is 31.7 Å². The number of nitrogens with two attached hydrogens (primary N) is 1. The quantitative estimate of drug-likeness (QED) is 0.677. The molecule has 1 aromatic carbocycles. The average Bonchev–Trinajstić information content (AvgIpc) is 2.70. The lowest BCUT2D eigenvalue weighted by molar-refractivity contribution is -0.112. The third-order valence-corrected chi connectivity index (χ3v) is 3.34. The predicted molar refractivity (Wildman–Crippen MR) is 80.8 cm³/mol. The Labute approximate surface area is 120 Å². The van der Waals surface area contributed by atoms with Crippen LogP contribution >= 0.6 is 22.9 Å². The number of carbonyl (C=O) groups excluding carboxylic acids is 2. The lowest BCUT2D eigenvalue weighted by Crippen LogP contribution is -1.93. The van der Waals surface area contributed by atoms with Crippen molar-refractivity contribution in [1.29, 1.82) is 0 Å². The first kappa shape index (κ1) is 15.4. The summed E-state index contributed by atoms with van der Waals surface area (Å²) >= 11 is 7.35. The summed E-state index contributed by atoms with van der Waals surface area (Å²) in [6.07, 6.45) is 2.25. The molecule has 2 rings (SSSR count). The smallest absolute Gasteiger partial charge is 0.154 e. The molecule has 5 heteroatoms. The number of aldehydes is 1. The van der Waals surface area contributed by atoms with Crippen LogP contribution in [-0.2, 0) is 4.79 Å². The number of fused-ring (bicyclic) bond motifs is 1. The molecule has 0 saturated carbocycles. The number of benzene rings is 1. The van der Waals surface area contributed by atoms with Crippen molar-refractivity contribution in [3.8, 4) is 0 Å². The molecule has 0 spiro atoms. The van der Waals surface area contributed by atoms with E-state index in [0.717, 1.165) is 21.9 Å². The number of hydrogen-bond acceptors (Lipinski definition) is 4. The Morgan fingerprint density at radius 2 is 2.05 bits per heavy atom. The molecule has 0 amide bonds. The lowest BCUT2D eigenvalue weighted by Gasteiger charge is -1.90. The van der Waals surface area contributed by atoms with E-state index in [2.05, 4.69) is 0 Å². The molecular weight excluding hydrogens is 282 g/mol. The molecule has 0 unspecified atom stereocenters. The maximum absolute atomic E-state index is 10.6. The summed E-state index contributed by atoms with van der Waals surface area (Å²) < 4.78 is 1.10. The van der Waals surface area contributed by atoms with Crippen LogP contribution in [0.5, 0.6) is 0 Å². The van der Waals surface area contributed by atoms with E-state index >= 15 is 0 Å². The van der Waals surface area contributed by atoms with E-state index < -0.39 is 0 Å². The van der Waals surface area contributed by atoms with E-state index in [4.69, 9.17) is 17.3 Å². The molecule has 0 bridgehead atoms. The minimum absolute atomic E-state index is 0.000000000000000444. The van der Waals surface area contributed by atoms with Crippen molar-refractivity contribution < 1.29 is 9.59 Å². The monoisotopic (exact) mass is 295 g/mol. The number of ketones is 1. The summed E-state index contributed by atoms with van der Waals surface area (Å²) in [5.41, 5.74) is 6.42. The maximum atomic E-state index is 10.6. The number of allylic oxidation sites excluding steroid dienone is 2. The number of carbonyl (C=O) groups is 2. The van der Waals surface area contributed by atoms with Crippen LogP contribution in [0.15, 0.2) is 35.4 Å². The van der Waals surface area contributed by atoms with Crippen LogP contribution in [0, 0.1) is 0 Å². The molecule has 1 aromatic heterocycles. The number of rotatable bonds is 2. The maximum Gasteiger partial charge on any atom is 0.154 e. The second kappa shape index (κ2) is 7.07. The highest BCUT2D eigenvalue weighted by molar-refractivity contribution is 7.17. The lowest BCUT2D eigenvalue weighted by atomic mass is 10.2. The third-order valence-electron chi connectivity index (χ3n) is 2.12. The van der Waals surface area contributed by atoms with E-state index in [1.165, 1.54) is 13.0 Å². The fourth-order valence-corrected chi connectivity index (χ4v) is 2.49. The van der Waals surface area contributed by atoms with Gasteiger partial charge in [-0.05, 0) is 38.1 Å². The highest BCUT2D eigenvalue weighted by Gasteiger charge is 2.02. The highest BCUT2D eigenvalue weighted by atomic mass is 35.5. The van der Waals surface area contributed by atoms with Crippen LogP contribution in [0.1, 0.15) is 24.2 Å². The Morgan fingerprint density at radius 3 is 2.53 bits per heavy atom. The summed E-state index contributed by atoms with van der Waals surface area (Å²) in [6, 6.07) is 5.57. The van der Waals surface area contributed by atoms with Crippen LogP contribution in [0.2, 0.25) is 5.02 Å². The van der Waals surface area contributed by atoms with Gasteiger partial charge in [-0.3, -0.25) is 9.59 Å². The largest absolute Gasteiger partial charge is 0.402 e. The van der Waals surface area contributed by atoms with Gasteiger partial charge in [-0.2, -0.15) is 0 Å². The Kier molecular flexibility index (Phi) is 5.73. The van der Waals surface area contributed by atoms with Gasteiger partial charge in [0.2, 0.25) is 0 Å². The van der Waals surface area contributed by atoms with Crippen LogP contribution in [0.25, 0.3) is 10.1 Å². The van der Waals surface area contributed by atoms with Crippen molar-refractivity contribution in [2.24, 2.45) is 5.73 Å². The van der Waals surface area contributed by atoms with Gasteiger partial charge in [-0.15, -0.1) is 11.3 Å². The van der Waals surface area contributed by atoms with Gasteiger partial charge >= 0.3 is 0 Å². The van der Waals surface area contributed by atoms with Crippen molar-refractivity contribution in [1.82, 2.24) is 0 Å². The predicted octanol–water partition coefficient (Wildman–Crippen LogP) is 3.81. The average molecular weight is 296 g/mol. The highest BCUT2D eigenvalue weighted by Crippen LogP contribution is 2.27. The number of thiophene rings is 1. The summed E-state index contributed by atoms with van der Waals surface area (Å²) in [6.45, 7) is 3.15. The Morgan fingerprint density at radius 1 is 1.37 bits per heavy atom. The summed E-state index contributed by atoms with van der Waals surface area (Å²) in [7, 11) is 0. The van der Waals surface area contributed by atoms with E-state index in [1.54, 1.807) is 18.3 Å². The van der Waals surface area contributed by atoms with Gasteiger partial charge in [0.05, 0.1) is 0 Å². The van der Waals surface area contributed by atoms with E-state index in [1.807, 2.05) is 23.6 Å². The van der Waals surface area contributed by atoms with E-state index in [9.17, 15) is 9.59 Å². The zero-order chi connectivity index (χ0) is 14.4. The van der Waals surface area contributed by atoms with Gasteiger partial charge in [0.1, 0.15) is 0 Å². The molecule has 0 aliphatic carbocycles.